The summed E-state index contributed by atoms with van der Waals surface area (Å²) in [6, 6.07) is 25.6. The van der Waals surface area contributed by atoms with Crippen LogP contribution in [0.1, 0.15) is 16.7 Å². The minimum absolute atomic E-state index is 0.532. The average Bonchev–Trinajstić information content (AvgIpc) is 2.90. The summed E-state index contributed by atoms with van der Waals surface area (Å²) in [6.07, 6.45) is 11.4. The lowest BCUT2D eigenvalue weighted by molar-refractivity contribution is 0.459. The van der Waals surface area contributed by atoms with E-state index >= 15 is 0 Å². The second kappa shape index (κ2) is 10.3. The van der Waals surface area contributed by atoms with Crippen molar-refractivity contribution in [1.82, 2.24) is 15.0 Å². The van der Waals surface area contributed by atoms with Gasteiger partial charge in [-0.05, 0) is 48.9 Å². The number of aryl methyl sites for hydroxylation is 1. The van der Waals surface area contributed by atoms with Crippen LogP contribution >= 0.6 is 11.6 Å². The number of nitrogens with zero attached hydrogens (tertiary/aromatic N) is 3. The van der Waals surface area contributed by atoms with Crippen LogP contribution in [0.4, 0.5) is 0 Å². The first-order valence-corrected chi connectivity index (χ1v) is 11.6. The molecule has 0 saturated carbocycles. The molecule has 0 fully saturated rings. The normalized spacial score (nSPS) is 11.0. The lowest BCUT2D eigenvalue weighted by atomic mass is 10.0. The van der Waals surface area contributed by atoms with Crippen LogP contribution in [0.15, 0.2) is 104 Å². The van der Waals surface area contributed by atoms with Gasteiger partial charge in [0.25, 0.3) is 0 Å². The van der Waals surface area contributed by atoms with E-state index in [0.29, 0.717) is 16.7 Å². The predicted molar refractivity (Wildman–Crippen MR) is 142 cm³/mol. The van der Waals surface area contributed by atoms with Crippen LogP contribution in [0.25, 0.3) is 34.5 Å². The quantitative estimate of drug-likeness (QED) is 0.248. The van der Waals surface area contributed by atoms with Crippen LogP contribution in [0, 0.1) is 6.92 Å². The standard InChI is InChI=1S/C30H22ClN3O/c1-21-15-26(20-34-30(21)35-28-11-5-10-27(31)17-28)29-23(13-12-22-7-3-2-4-8-22)16-25(19-33-29)24-9-6-14-32-18-24/h2-20H,1H3/b13-12+. The second-order valence-electron chi connectivity index (χ2n) is 8.05. The summed E-state index contributed by atoms with van der Waals surface area (Å²) in [4.78, 5) is 13.7. The van der Waals surface area contributed by atoms with Crippen LogP contribution in [0.5, 0.6) is 11.6 Å². The van der Waals surface area contributed by atoms with E-state index in [9.17, 15) is 0 Å². The zero-order valence-corrected chi connectivity index (χ0v) is 19.9. The zero-order valence-electron chi connectivity index (χ0n) is 19.1. The SMILES string of the molecule is Cc1cc(-c2ncc(-c3cccnc3)cc2/C=C/c2ccccc2)cnc1Oc1cccc(Cl)c1. The summed E-state index contributed by atoms with van der Waals surface area (Å²) in [5.74, 6) is 1.18. The van der Waals surface area contributed by atoms with Crippen molar-refractivity contribution < 1.29 is 4.74 Å². The lowest BCUT2D eigenvalue weighted by Crippen LogP contribution is -1.95. The Kier molecular flexibility index (Phi) is 6.64. The molecule has 0 N–H and O–H groups in total. The van der Waals surface area contributed by atoms with Gasteiger partial charge in [0.1, 0.15) is 5.75 Å². The number of halogens is 1. The maximum atomic E-state index is 6.09. The van der Waals surface area contributed by atoms with Gasteiger partial charge in [-0.2, -0.15) is 0 Å². The number of benzene rings is 2. The predicted octanol–water partition coefficient (Wildman–Crippen LogP) is 8.13. The van der Waals surface area contributed by atoms with Crippen molar-refractivity contribution >= 4 is 23.8 Å². The molecule has 0 aliphatic carbocycles. The number of pyridine rings is 3. The highest BCUT2D eigenvalue weighted by molar-refractivity contribution is 6.30. The molecule has 2 aromatic carbocycles. The molecule has 0 aliphatic rings. The monoisotopic (exact) mass is 475 g/mol. The number of hydrogen-bond acceptors (Lipinski definition) is 4. The van der Waals surface area contributed by atoms with E-state index in [1.54, 1.807) is 18.5 Å². The van der Waals surface area contributed by atoms with Crippen molar-refractivity contribution in [3.8, 4) is 34.0 Å². The first-order chi connectivity index (χ1) is 17.2. The average molecular weight is 476 g/mol. The van der Waals surface area contributed by atoms with Crippen molar-refractivity contribution in [2.45, 2.75) is 6.92 Å². The fraction of sp³-hybridized carbons (Fsp3) is 0.0333. The molecule has 35 heavy (non-hydrogen) atoms. The Bertz CT molecular complexity index is 1480. The van der Waals surface area contributed by atoms with E-state index in [-0.39, 0.29) is 0 Å². The van der Waals surface area contributed by atoms with Crippen molar-refractivity contribution in [1.29, 1.82) is 0 Å². The fourth-order valence-corrected chi connectivity index (χ4v) is 3.91. The third-order valence-electron chi connectivity index (χ3n) is 5.48. The summed E-state index contributed by atoms with van der Waals surface area (Å²) in [5, 5.41) is 0.615. The first-order valence-electron chi connectivity index (χ1n) is 11.2. The maximum absolute atomic E-state index is 6.09. The summed E-state index contributed by atoms with van der Waals surface area (Å²) in [5.41, 5.74) is 6.77. The van der Waals surface area contributed by atoms with Crippen LogP contribution < -0.4 is 4.74 Å². The Balaban J connectivity index is 1.52. The van der Waals surface area contributed by atoms with E-state index in [4.69, 9.17) is 21.3 Å². The molecule has 0 aliphatic heterocycles. The van der Waals surface area contributed by atoms with Crippen molar-refractivity contribution in [2.75, 3.05) is 0 Å². The molecular formula is C30H22ClN3O. The van der Waals surface area contributed by atoms with Crippen LogP contribution in [-0.2, 0) is 0 Å². The number of aromatic nitrogens is 3. The highest BCUT2D eigenvalue weighted by Gasteiger charge is 2.12. The van der Waals surface area contributed by atoms with Gasteiger partial charge in [-0.25, -0.2) is 4.98 Å². The minimum Gasteiger partial charge on any atom is -0.439 e. The Hall–Kier alpha value is -4.28. The van der Waals surface area contributed by atoms with Crippen molar-refractivity contribution in [2.24, 2.45) is 0 Å². The first kappa shape index (κ1) is 22.5. The van der Waals surface area contributed by atoms with Crippen LogP contribution in [0.3, 0.4) is 0 Å². The highest BCUT2D eigenvalue weighted by Crippen LogP contribution is 2.31. The third-order valence-corrected chi connectivity index (χ3v) is 5.72. The van der Waals surface area contributed by atoms with Crippen molar-refractivity contribution in [3.63, 3.8) is 0 Å². The Morgan fingerprint density at radius 2 is 1.60 bits per heavy atom. The molecule has 0 amide bonds. The third kappa shape index (κ3) is 5.45. The van der Waals surface area contributed by atoms with Crippen LogP contribution in [0.2, 0.25) is 5.02 Å². The van der Waals surface area contributed by atoms with Gasteiger partial charge in [0, 0.05) is 57.6 Å². The van der Waals surface area contributed by atoms with Gasteiger partial charge in [0.15, 0.2) is 0 Å². The maximum Gasteiger partial charge on any atom is 0.222 e. The molecule has 4 nitrogen and oxygen atoms in total. The van der Waals surface area contributed by atoms with Gasteiger partial charge >= 0.3 is 0 Å². The highest BCUT2D eigenvalue weighted by atomic mass is 35.5. The zero-order chi connectivity index (χ0) is 24.0. The largest absolute Gasteiger partial charge is 0.439 e. The summed E-state index contributed by atoms with van der Waals surface area (Å²) < 4.78 is 5.96. The molecule has 3 heterocycles. The van der Waals surface area contributed by atoms with Gasteiger partial charge in [-0.1, -0.05) is 66.2 Å². The van der Waals surface area contributed by atoms with Crippen molar-refractivity contribution in [3.05, 3.63) is 125 Å². The molecule has 5 rings (SSSR count). The number of ether oxygens (including phenoxy) is 1. The van der Waals surface area contributed by atoms with E-state index in [1.165, 1.54) is 0 Å². The molecule has 3 aromatic heterocycles. The van der Waals surface area contributed by atoms with Gasteiger partial charge in [-0.3, -0.25) is 9.97 Å². The van der Waals surface area contributed by atoms with E-state index in [1.807, 2.05) is 73.9 Å². The van der Waals surface area contributed by atoms with Gasteiger partial charge < -0.3 is 4.74 Å². The fourth-order valence-electron chi connectivity index (χ4n) is 3.73. The molecular weight excluding hydrogens is 454 g/mol. The van der Waals surface area contributed by atoms with Gasteiger partial charge in [-0.15, -0.1) is 0 Å². The lowest BCUT2D eigenvalue weighted by Gasteiger charge is -2.12. The number of rotatable bonds is 6. The summed E-state index contributed by atoms with van der Waals surface area (Å²) in [7, 11) is 0. The minimum atomic E-state index is 0.532. The molecule has 0 bridgehead atoms. The van der Waals surface area contributed by atoms with Crippen LogP contribution in [-0.4, -0.2) is 15.0 Å². The second-order valence-corrected chi connectivity index (χ2v) is 8.49. The summed E-state index contributed by atoms with van der Waals surface area (Å²) >= 11 is 6.09. The number of hydrogen-bond donors (Lipinski definition) is 0. The van der Waals surface area contributed by atoms with E-state index in [0.717, 1.165) is 39.1 Å². The Labute approximate surface area is 209 Å². The molecule has 0 radical (unpaired) electrons. The van der Waals surface area contributed by atoms with Gasteiger partial charge in [0.05, 0.1) is 5.69 Å². The molecule has 5 heteroatoms. The van der Waals surface area contributed by atoms with Gasteiger partial charge in [0.2, 0.25) is 5.88 Å². The van der Waals surface area contributed by atoms with E-state index < -0.39 is 0 Å². The topological polar surface area (TPSA) is 47.9 Å². The molecule has 0 spiro atoms. The molecule has 5 aromatic rings. The Morgan fingerprint density at radius 3 is 2.37 bits per heavy atom. The summed E-state index contributed by atoms with van der Waals surface area (Å²) in [6.45, 7) is 1.97. The van der Waals surface area contributed by atoms with E-state index in [2.05, 4.69) is 40.3 Å². The smallest absolute Gasteiger partial charge is 0.222 e. The molecule has 0 unspecified atom stereocenters. The molecule has 0 atom stereocenters. The molecule has 170 valence electrons. The molecule has 0 saturated heterocycles. The Morgan fingerprint density at radius 1 is 0.743 bits per heavy atom.